The quantitative estimate of drug-likeness (QED) is 0.535. The predicted molar refractivity (Wildman–Crippen MR) is 44.5 cm³/mol. The SMILES string of the molecule is Cc1cnc(NN)c(Br)c1. The van der Waals surface area contributed by atoms with Crippen LogP contribution in [0.2, 0.25) is 0 Å². The van der Waals surface area contributed by atoms with Crippen LogP contribution in [0.15, 0.2) is 16.7 Å². The molecule has 0 amide bonds. The van der Waals surface area contributed by atoms with Gasteiger partial charge in [-0.3, -0.25) is 0 Å². The molecule has 0 radical (unpaired) electrons. The van der Waals surface area contributed by atoms with Crippen LogP contribution in [0, 0.1) is 6.92 Å². The normalized spacial score (nSPS) is 9.50. The van der Waals surface area contributed by atoms with Crippen molar-refractivity contribution in [2.75, 3.05) is 5.43 Å². The number of nitrogen functional groups attached to an aromatic ring is 1. The van der Waals surface area contributed by atoms with E-state index in [0.717, 1.165) is 10.0 Å². The summed E-state index contributed by atoms with van der Waals surface area (Å²) in [5.74, 6) is 5.82. The van der Waals surface area contributed by atoms with E-state index >= 15 is 0 Å². The zero-order chi connectivity index (χ0) is 7.56. The highest BCUT2D eigenvalue weighted by Crippen LogP contribution is 2.18. The van der Waals surface area contributed by atoms with Crippen LogP contribution >= 0.6 is 15.9 Å². The van der Waals surface area contributed by atoms with Gasteiger partial charge in [-0.15, -0.1) is 0 Å². The number of nitrogens with two attached hydrogens (primary N) is 1. The Morgan fingerprint density at radius 1 is 1.70 bits per heavy atom. The van der Waals surface area contributed by atoms with E-state index in [4.69, 9.17) is 5.84 Å². The van der Waals surface area contributed by atoms with Crippen molar-refractivity contribution in [3.63, 3.8) is 0 Å². The number of aromatic nitrogens is 1. The van der Waals surface area contributed by atoms with Gasteiger partial charge in [0.1, 0.15) is 0 Å². The lowest BCUT2D eigenvalue weighted by Gasteiger charge is -2.01. The summed E-state index contributed by atoms with van der Waals surface area (Å²) in [5.41, 5.74) is 3.57. The summed E-state index contributed by atoms with van der Waals surface area (Å²) < 4.78 is 0.884. The molecule has 0 atom stereocenters. The van der Waals surface area contributed by atoms with Crippen molar-refractivity contribution >= 4 is 21.7 Å². The highest BCUT2D eigenvalue weighted by molar-refractivity contribution is 9.10. The van der Waals surface area contributed by atoms with Gasteiger partial charge in [0.15, 0.2) is 5.82 Å². The Balaban J connectivity index is 3.07. The molecule has 1 aromatic heterocycles. The van der Waals surface area contributed by atoms with E-state index in [1.807, 2.05) is 13.0 Å². The Labute approximate surface area is 67.7 Å². The third kappa shape index (κ3) is 1.46. The molecule has 0 spiro atoms. The molecular formula is C6H8BrN3. The van der Waals surface area contributed by atoms with Crippen LogP contribution in [-0.2, 0) is 0 Å². The minimum atomic E-state index is 0.658. The molecule has 1 heterocycles. The van der Waals surface area contributed by atoms with E-state index in [9.17, 15) is 0 Å². The smallest absolute Gasteiger partial charge is 0.154 e. The third-order valence-corrected chi connectivity index (χ3v) is 1.72. The second-order valence-corrected chi connectivity index (χ2v) is 2.84. The van der Waals surface area contributed by atoms with Gasteiger partial charge in [0.25, 0.3) is 0 Å². The van der Waals surface area contributed by atoms with E-state index in [1.165, 1.54) is 0 Å². The number of aryl methyl sites for hydroxylation is 1. The topological polar surface area (TPSA) is 50.9 Å². The van der Waals surface area contributed by atoms with Gasteiger partial charge in [0.05, 0.1) is 4.47 Å². The van der Waals surface area contributed by atoms with Gasteiger partial charge in [-0.1, -0.05) is 0 Å². The summed E-state index contributed by atoms with van der Waals surface area (Å²) in [4.78, 5) is 4.01. The summed E-state index contributed by atoms with van der Waals surface area (Å²) in [5, 5.41) is 0. The molecule has 4 heteroatoms. The first kappa shape index (κ1) is 7.50. The second kappa shape index (κ2) is 2.98. The second-order valence-electron chi connectivity index (χ2n) is 1.99. The molecule has 0 aliphatic carbocycles. The van der Waals surface area contributed by atoms with Crippen molar-refractivity contribution in [1.82, 2.24) is 4.98 Å². The summed E-state index contributed by atoms with van der Waals surface area (Å²) in [7, 11) is 0. The Morgan fingerprint density at radius 2 is 2.40 bits per heavy atom. The van der Waals surface area contributed by atoms with Gasteiger partial charge in [0.2, 0.25) is 0 Å². The molecule has 0 bridgehead atoms. The van der Waals surface area contributed by atoms with Crippen LogP contribution < -0.4 is 11.3 Å². The maximum Gasteiger partial charge on any atom is 0.154 e. The van der Waals surface area contributed by atoms with Crippen LogP contribution in [0.25, 0.3) is 0 Å². The zero-order valence-electron chi connectivity index (χ0n) is 5.56. The molecule has 0 fully saturated rings. The lowest BCUT2D eigenvalue weighted by molar-refractivity contribution is 1.19. The van der Waals surface area contributed by atoms with Crippen molar-refractivity contribution in [3.8, 4) is 0 Å². The molecule has 0 saturated carbocycles. The standard InChI is InChI=1S/C6H8BrN3/c1-4-2-5(7)6(10-8)9-3-4/h2-3H,8H2,1H3,(H,9,10). The third-order valence-electron chi connectivity index (χ3n) is 1.11. The summed E-state index contributed by atoms with van der Waals surface area (Å²) in [6.07, 6.45) is 1.75. The fraction of sp³-hybridized carbons (Fsp3) is 0.167. The lowest BCUT2D eigenvalue weighted by Crippen LogP contribution is -2.08. The van der Waals surface area contributed by atoms with Crippen LogP contribution in [0.5, 0.6) is 0 Å². The van der Waals surface area contributed by atoms with Gasteiger partial charge >= 0.3 is 0 Å². The molecule has 1 aromatic rings. The van der Waals surface area contributed by atoms with Gasteiger partial charge in [-0.05, 0) is 34.5 Å². The van der Waals surface area contributed by atoms with E-state index in [2.05, 4.69) is 26.3 Å². The number of anilines is 1. The number of rotatable bonds is 1. The van der Waals surface area contributed by atoms with E-state index in [0.29, 0.717) is 5.82 Å². The van der Waals surface area contributed by atoms with Crippen molar-refractivity contribution in [2.24, 2.45) is 5.84 Å². The number of hydrogen-bond donors (Lipinski definition) is 2. The monoisotopic (exact) mass is 201 g/mol. The predicted octanol–water partition coefficient (Wildman–Crippen LogP) is 1.44. The average molecular weight is 202 g/mol. The van der Waals surface area contributed by atoms with Crippen molar-refractivity contribution in [1.29, 1.82) is 0 Å². The molecule has 3 nitrogen and oxygen atoms in total. The van der Waals surface area contributed by atoms with Gasteiger partial charge in [-0.2, -0.15) is 0 Å². The van der Waals surface area contributed by atoms with Crippen LogP contribution in [0.1, 0.15) is 5.56 Å². The minimum Gasteiger partial charge on any atom is -0.308 e. The molecular weight excluding hydrogens is 194 g/mol. The summed E-state index contributed by atoms with van der Waals surface area (Å²) >= 11 is 3.30. The highest BCUT2D eigenvalue weighted by atomic mass is 79.9. The van der Waals surface area contributed by atoms with Crippen LogP contribution in [0.3, 0.4) is 0 Å². The van der Waals surface area contributed by atoms with Crippen molar-refractivity contribution < 1.29 is 0 Å². The van der Waals surface area contributed by atoms with Gasteiger partial charge in [-0.25, -0.2) is 10.8 Å². The molecule has 54 valence electrons. The summed E-state index contributed by atoms with van der Waals surface area (Å²) in [6, 6.07) is 1.95. The summed E-state index contributed by atoms with van der Waals surface area (Å²) in [6.45, 7) is 1.97. The average Bonchev–Trinajstić information content (AvgIpc) is 1.88. The Bertz CT molecular complexity index is 236. The van der Waals surface area contributed by atoms with E-state index in [-0.39, 0.29) is 0 Å². The number of pyridine rings is 1. The van der Waals surface area contributed by atoms with E-state index in [1.54, 1.807) is 6.20 Å². The molecule has 3 N–H and O–H groups in total. The maximum absolute atomic E-state index is 5.16. The largest absolute Gasteiger partial charge is 0.308 e. The van der Waals surface area contributed by atoms with E-state index < -0.39 is 0 Å². The first-order valence-corrected chi connectivity index (χ1v) is 3.62. The molecule has 0 aliphatic rings. The molecule has 0 saturated heterocycles. The first-order chi connectivity index (χ1) is 4.74. The first-order valence-electron chi connectivity index (χ1n) is 2.83. The van der Waals surface area contributed by atoms with Crippen molar-refractivity contribution in [3.05, 3.63) is 22.3 Å². The molecule has 0 aliphatic heterocycles. The van der Waals surface area contributed by atoms with Crippen LogP contribution in [-0.4, -0.2) is 4.98 Å². The minimum absolute atomic E-state index is 0.658. The molecule has 0 aromatic carbocycles. The number of nitrogens with zero attached hydrogens (tertiary/aromatic N) is 1. The molecule has 0 unspecified atom stereocenters. The van der Waals surface area contributed by atoms with Gasteiger partial charge < -0.3 is 5.43 Å². The Kier molecular flexibility index (Phi) is 2.24. The number of hydrazine groups is 1. The maximum atomic E-state index is 5.16. The number of hydrogen-bond acceptors (Lipinski definition) is 3. The highest BCUT2D eigenvalue weighted by Gasteiger charge is 1.96. The fourth-order valence-electron chi connectivity index (χ4n) is 0.640. The molecule has 1 rings (SSSR count). The Hall–Kier alpha value is -0.610. The zero-order valence-corrected chi connectivity index (χ0v) is 7.14. The van der Waals surface area contributed by atoms with Crippen LogP contribution in [0.4, 0.5) is 5.82 Å². The Morgan fingerprint density at radius 3 is 2.90 bits per heavy atom. The molecule has 10 heavy (non-hydrogen) atoms. The number of nitrogens with one attached hydrogen (secondary N) is 1. The van der Waals surface area contributed by atoms with Crippen molar-refractivity contribution in [2.45, 2.75) is 6.92 Å². The fourth-order valence-corrected chi connectivity index (χ4v) is 1.22. The van der Waals surface area contributed by atoms with Gasteiger partial charge in [0, 0.05) is 6.20 Å². The number of halogens is 1. The lowest BCUT2D eigenvalue weighted by atomic mass is 10.3.